The van der Waals surface area contributed by atoms with Gasteiger partial charge in [0.1, 0.15) is 0 Å². The molecule has 278 valence electrons. The normalized spacial score (nSPS) is 37.3. The summed E-state index contributed by atoms with van der Waals surface area (Å²) < 4.78 is 365. The van der Waals surface area contributed by atoms with E-state index >= 15 is 57.1 Å². The Bertz CT molecular complexity index is 1130. The van der Waals surface area contributed by atoms with Crippen LogP contribution in [-0.4, -0.2) is 110 Å². The van der Waals surface area contributed by atoms with Crippen molar-refractivity contribution in [2.24, 2.45) is 0 Å². The van der Waals surface area contributed by atoms with Gasteiger partial charge in [0.15, 0.2) is 0 Å². The van der Waals surface area contributed by atoms with Gasteiger partial charge in [-0.2, -0.15) is 105 Å². The largest absolute Gasteiger partial charge is 0.449 e. The van der Waals surface area contributed by atoms with Crippen LogP contribution in [0, 0.1) is 0 Å². The quantitative estimate of drug-likeness (QED) is 0.275. The second-order valence-electron chi connectivity index (χ2n) is 9.63. The third-order valence-corrected chi connectivity index (χ3v) is 7.17. The van der Waals surface area contributed by atoms with E-state index in [0.717, 1.165) is 0 Å². The van der Waals surface area contributed by atoms with Crippen molar-refractivity contribution in [3.8, 4) is 0 Å². The molecular formula is C16H3F25O6. The number of alkyl halides is 25. The van der Waals surface area contributed by atoms with Gasteiger partial charge in [0.25, 0.3) is 16.8 Å². The molecule has 6 nitrogen and oxygen atoms in total. The lowest BCUT2D eigenvalue weighted by Crippen LogP contribution is -3.12. The van der Waals surface area contributed by atoms with Crippen molar-refractivity contribution < 1.29 is 139 Å². The van der Waals surface area contributed by atoms with E-state index in [4.69, 9.17) is 15.3 Å². The van der Waals surface area contributed by atoms with E-state index in [0.29, 0.717) is 0 Å². The van der Waals surface area contributed by atoms with E-state index in [1.54, 1.807) is 0 Å². The van der Waals surface area contributed by atoms with Gasteiger partial charge in [0.05, 0.1) is 0 Å². The molecule has 4 bridgehead atoms. The molecule has 0 aliphatic heterocycles. The van der Waals surface area contributed by atoms with Crippen LogP contribution in [0.15, 0.2) is 0 Å². The molecule has 0 spiro atoms. The summed E-state index contributed by atoms with van der Waals surface area (Å²) in [6, 6.07) is 0. The van der Waals surface area contributed by atoms with Crippen molar-refractivity contribution in [1.29, 1.82) is 0 Å². The highest BCUT2D eigenvalue weighted by molar-refractivity contribution is 5.55. The summed E-state index contributed by atoms with van der Waals surface area (Å²) in [5.74, 6) is -55.8. The summed E-state index contributed by atoms with van der Waals surface area (Å²) >= 11 is 0. The van der Waals surface area contributed by atoms with Gasteiger partial charge in [0, 0.05) is 0 Å². The summed E-state index contributed by atoms with van der Waals surface area (Å²) in [7, 11) is 0. The lowest BCUT2D eigenvalue weighted by molar-refractivity contribution is -0.677. The fraction of sp³-hybridized carbons (Fsp3) is 1.00. The number of rotatable bonds is 9. The molecular weight excluding hydrogens is 763 g/mol. The molecule has 0 aromatic carbocycles. The molecule has 4 rings (SSSR count). The van der Waals surface area contributed by atoms with Crippen LogP contribution in [0.5, 0.6) is 0 Å². The summed E-state index contributed by atoms with van der Waals surface area (Å²) in [6.45, 7) is 0. The highest BCUT2D eigenvalue weighted by Gasteiger charge is 3.24. The third kappa shape index (κ3) is 3.41. The highest BCUT2D eigenvalue weighted by atomic mass is 19.4. The predicted octanol–water partition coefficient (Wildman–Crippen LogP) is 5.35. The zero-order valence-electron chi connectivity index (χ0n) is 20.0. The molecule has 0 saturated heterocycles. The summed E-state index contributed by atoms with van der Waals surface area (Å²) in [5.41, 5.74) is -36.8. The van der Waals surface area contributed by atoms with Gasteiger partial charge in [-0.1, -0.05) is 0 Å². The number of hydrogen-bond acceptors (Lipinski definition) is 6. The first kappa shape index (κ1) is 39.4. The van der Waals surface area contributed by atoms with E-state index in [1.807, 2.05) is 0 Å². The van der Waals surface area contributed by atoms with E-state index in [9.17, 15) is 52.7 Å². The molecule has 4 aliphatic carbocycles. The first-order valence-corrected chi connectivity index (χ1v) is 10.4. The molecule has 0 atom stereocenters. The van der Waals surface area contributed by atoms with Crippen molar-refractivity contribution in [3.05, 3.63) is 0 Å². The van der Waals surface area contributed by atoms with Crippen molar-refractivity contribution >= 4 is 0 Å². The standard InChI is InChI=1S/C16H3F25O6/c17-1-5(18,19)2(45-14(36,37)11(30,31)42)8(24,25)3(6(1,20)21,46-15(38,39)12(32,33)43)10(28,29)4(7(1,22)23,9(2,26)27)47-16(40,41)13(34,35)44/h42-44H. The van der Waals surface area contributed by atoms with Gasteiger partial charge in [-0.25, -0.2) is 4.39 Å². The van der Waals surface area contributed by atoms with Gasteiger partial charge in [-0.15, -0.1) is 0 Å². The highest BCUT2D eigenvalue weighted by Crippen LogP contribution is 2.89. The second-order valence-corrected chi connectivity index (χ2v) is 9.63. The first-order valence-electron chi connectivity index (χ1n) is 10.4. The predicted molar refractivity (Wildman–Crippen MR) is 81.3 cm³/mol. The van der Waals surface area contributed by atoms with Crippen LogP contribution in [0.1, 0.15) is 0 Å². The van der Waals surface area contributed by atoms with Gasteiger partial charge < -0.3 is 15.3 Å². The van der Waals surface area contributed by atoms with E-state index in [2.05, 4.69) is 0 Å². The minimum atomic E-state index is -9.39. The Morgan fingerprint density at radius 1 is 0.298 bits per heavy atom. The fourth-order valence-corrected chi connectivity index (χ4v) is 5.18. The minimum Gasteiger partial charge on any atom is -0.329 e. The molecule has 0 amide bonds. The SMILES string of the molecule is OC(F)(F)C(F)(F)OC12C(F)(F)C3(F)C(F)(F)C(OC(F)(F)C(O)(F)F)(C1(F)F)C(F)(F)C(OC(F)(F)C(O)(F)F)(C3(F)F)C2(F)F. The lowest BCUT2D eigenvalue weighted by atomic mass is 9.38. The first-order chi connectivity index (χ1) is 19.9. The molecule has 4 fully saturated rings. The second kappa shape index (κ2) is 8.65. The maximum absolute atomic E-state index is 15.6. The summed E-state index contributed by atoms with van der Waals surface area (Å²) in [4.78, 5) is 0. The Morgan fingerprint density at radius 2 is 0.447 bits per heavy atom. The van der Waals surface area contributed by atoms with Gasteiger partial charge in [-0.05, 0) is 0 Å². The smallest absolute Gasteiger partial charge is 0.329 e. The molecule has 31 heteroatoms. The van der Waals surface area contributed by atoms with Crippen molar-refractivity contribution in [2.75, 3.05) is 0 Å². The number of halogens is 25. The van der Waals surface area contributed by atoms with Crippen LogP contribution in [0.4, 0.5) is 110 Å². The Morgan fingerprint density at radius 3 is 0.574 bits per heavy atom. The number of ether oxygens (including phenoxy) is 3. The molecule has 4 aliphatic rings. The van der Waals surface area contributed by atoms with Gasteiger partial charge >= 0.3 is 77.9 Å². The Kier molecular flexibility index (Phi) is 7.26. The maximum atomic E-state index is 15.6. The molecule has 0 unspecified atom stereocenters. The fourth-order valence-electron chi connectivity index (χ4n) is 5.18. The lowest BCUT2D eigenvalue weighted by Gasteiger charge is -2.77. The van der Waals surface area contributed by atoms with Gasteiger partial charge in [0.2, 0.25) is 0 Å². The van der Waals surface area contributed by atoms with E-state index in [-0.39, 0.29) is 0 Å². The van der Waals surface area contributed by atoms with Gasteiger partial charge in [-0.3, -0.25) is 14.2 Å². The van der Waals surface area contributed by atoms with Crippen LogP contribution in [-0.2, 0) is 14.2 Å². The van der Waals surface area contributed by atoms with E-state index in [1.165, 1.54) is 14.2 Å². The molecule has 0 aromatic heterocycles. The molecule has 47 heavy (non-hydrogen) atoms. The Hall–Kier alpha value is -1.99. The van der Waals surface area contributed by atoms with Crippen molar-refractivity contribution in [2.45, 2.75) is 94.7 Å². The zero-order chi connectivity index (χ0) is 38.1. The Balaban J connectivity index is 2.88. The average molecular weight is 766 g/mol. The minimum absolute atomic E-state index is 1.47. The Labute approximate surface area is 235 Å². The third-order valence-electron chi connectivity index (χ3n) is 7.17. The molecule has 0 heterocycles. The van der Waals surface area contributed by atoms with E-state index < -0.39 is 94.7 Å². The molecule has 3 N–H and O–H groups in total. The summed E-state index contributed by atoms with van der Waals surface area (Å²) in [5, 5.41) is 24.0. The van der Waals surface area contributed by atoms with Crippen LogP contribution in [0.2, 0.25) is 0 Å². The van der Waals surface area contributed by atoms with Crippen LogP contribution >= 0.6 is 0 Å². The number of hydrogen-bond donors (Lipinski definition) is 3. The van der Waals surface area contributed by atoms with Crippen LogP contribution < -0.4 is 0 Å². The average Bonchev–Trinajstić information content (AvgIpc) is 2.77. The monoisotopic (exact) mass is 766 g/mol. The summed E-state index contributed by atoms with van der Waals surface area (Å²) in [6.07, 6.45) is -48.3. The topological polar surface area (TPSA) is 88.4 Å². The molecule has 0 aromatic rings. The molecule has 0 radical (unpaired) electrons. The van der Waals surface area contributed by atoms with Crippen molar-refractivity contribution in [1.82, 2.24) is 0 Å². The number of aliphatic hydroxyl groups is 3. The maximum Gasteiger partial charge on any atom is 0.449 e. The van der Waals surface area contributed by atoms with Crippen LogP contribution in [0.3, 0.4) is 0 Å². The zero-order valence-corrected chi connectivity index (χ0v) is 20.0. The molecule has 4 saturated carbocycles. The van der Waals surface area contributed by atoms with Crippen LogP contribution in [0.25, 0.3) is 0 Å². The van der Waals surface area contributed by atoms with Crippen molar-refractivity contribution in [3.63, 3.8) is 0 Å².